The van der Waals surface area contributed by atoms with Crippen molar-refractivity contribution in [3.63, 3.8) is 0 Å². The van der Waals surface area contributed by atoms with Gasteiger partial charge in [-0.15, -0.1) is 0 Å². The number of carbonyl (C=O) groups excluding carboxylic acids is 2. The van der Waals surface area contributed by atoms with Gasteiger partial charge >= 0.3 is 0 Å². The first kappa shape index (κ1) is 12.2. The van der Waals surface area contributed by atoms with Gasteiger partial charge in [-0.2, -0.15) is 0 Å². The Morgan fingerprint density at radius 1 is 1.06 bits per heavy atom. The third kappa shape index (κ3) is 2.07. The van der Waals surface area contributed by atoms with E-state index >= 15 is 0 Å². The van der Waals surface area contributed by atoms with Crippen LogP contribution in [-0.2, 0) is 0 Å². The molecule has 0 radical (unpaired) electrons. The van der Waals surface area contributed by atoms with Crippen LogP contribution in [0.3, 0.4) is 0 Å². The highest BCUT2D eigenvalue weighted by molar-refractivity contribution is 6.13. The van der Waals surface area contributed by atoms with Crippen LogP contribution in [0.15, 0.2) is 36.7 Å². The first-order valence-corrected chi connectivity index (χ1v) is 5.65. The van der Waals surface area contributed by atoms with Gasteiger partial charge in [0.15, 0.2) is 12.1 Å². The second-order valence-electron chi connectivity index (χ2n) is 4.17. The lowest BCUT2D eigenvalue weighted by Gasteiger charge is -2.10. The van der Waals surface area contributed by atoms with Crippen molar-refractivity contribution in [1.29, 1.82) is 0 Å². The zero-order valence-electron chi connectivity index (χ0n) is 10.3. The number of hydrogen-bond acceptors (Lipinski definition) is 3. The summed E-state index contributed by atoms with van der Waals surface area (Å²) in [5, 5.41) is 0. The first-order chi connectivity index (χ1) is 8.65. The Morgan fingerprint density at radius 2 is 1.67 bits per heavy atom. The van der Waals surface area contributed by atoms with Crippen LogP contribution in [0.1, 0.15) is 37.4 Å². The van der Waals surface area contributed by atoms with Crippen molar-refractivity contribution in [2.45, 2.75) is 13.8 Å². The van der Waals surface area contributed by atoms with Crippen LogP contribution in [0.2, 0.25) is 0 Å². The van der Waals surface area contributed by atoms with Gasteiger partial charge < -0.3 is 0 Å². The van der Waals surface area contributed by atoms with Crippen LogP contribution in [0.25, 0.3) is 0 Å². The summed E-state index contributed by atoms with van der Waals surface area (Å²) < 4.78 is 0. The summed E-state index contributed by atoms with van der Waals surface area (Å²) in [6.07, 6.45) is 3.88. The number of nitrogens with zero attached hydrogens (tertiary/aromatic N) is 1. The number of rotatable bonds is 3. The molecule has 2 aromatic rings. The Bertz CT molecular complexity index is 603. The number of benzene rings is 1. The van der Waals surface area contributed by atoms with Gasteiger partial charge in [0.1, 0.15) is 0 Å². The van der Waals surface area contributed by atoms with Crippen LogP contribution >= 0.6 is 0 Å². The summed E-state index contributed by atoms with van der Waals surface area (Å²) in [5.74, 6) is -0.138. The molecule has 3 nitrogen and oxygen atoms in total. The molecule has 0 fully saturated rings. The summed E-state index contributed by atoms with van der Waals surface area (Å²) in [4.78, 5) is 27.5. The summed E-state index contributed by atoms with van der Waals surface area (Å²) in [6, 6.07) is 7.01. The summed E-state index contributed by atoms with van der Waals surface area (Å²) in [5.41, 5.74) is 3.12. The van der Waals surface area contributed by atoms with Gasteiger partial charge in [-0.1, -0.05) is 12.1 Å². The average Bonchev–Trinajstić information content (AvgIpc) is 2.41. The molecule has 1 aromatic carbocycles. The Hall–Kier alpha value is -2.29. The molecular weight excluding hydrogens is 226 g/mol. The molecule has 0 aliphatic rings. The lowest BCUT2D eigenvalue weighted by molar-refractivity contribution is 0.102. The van der Waals surface area contributed by atoms with Gasteiger partial charge in [0.05, 0.1) is 0 Å². The van der Waals surface area contributed by atoms with Gasteiger partial charge in [-0.05, 0) is 37.1 Å². The van der Waals surface area contributed by atoms with E-state index in [1.54, 1.807) is 24.5 Å². The predicted molar refractivity (Wildman–Crippen MR) is 69.0 cm³/mol. The van der Waals surface area contributed by atoms with E-state index in [1.807, 2.05) is 26.0 Å². The maximum absolute atomic E-state index is 12.4. The fourth-order valence-corrected chi connectivity index (χ4v) is 1.93. The Balaban J connectivity index is 2.61. The van der Waals surface area contributed by atoms with Crippen LogP contribution < -0.4 is 0 Å². The lowest BCUT2D eigenvalue weighted by Crippen LogP contribution is -2.09. The third-order valence-electron chi connectivity index (χ3n) is 2.96. The second-order valence-corrected chi connectivity index (χ2v) is 4.17. The topological polar surface area (TPSA) is 47.0 Å². The molecule has 0 spiro atoms. The Labute approximate surface area is 105 Å². The molecular formula is C15H13NO2. The summed E-state index contributed by atoms with van der Waals surface area (Å²) >= 11 is 0. The normalized spacial score (nSPS) is 10.1. The molecule has 90 valence electrons. The lowest BCUT2D eigenvalue weighted by atomic mass is 9.92. The highest BCUT2D eigenvalue weighted by Crippen LogP contribution is 2.20. The van der Waals surface area contributed by atoms with E-state index in [1.165, 1.54) is 0 Å². The molecule has 0 saturated carbocycles. The molecule has 0 N–H and O–H groups in total. The molecule has 0 saturated heterocycles. The highest BCUT2D eigenvalue weighted by atomic mass is 16.1. The summed E-state index contributed by atoms with van der Waals surface area (Å²) in [6.45, 7) is 3.66. The maximum atomic E-state index is 12.4. The minimum Gasteiger partial charge on any atom is -0.298 e. The number of ketones is 1. The van der Waals surface area contributed by atoms with E-state index < -0.39 is 0 Å². The van der Waals surface area contributed by atoms with Gasteiger partial charge in [0, 0.05) is 29.1 Å². The van der Waals surface area contributed by atoms with Crippen molar-refractivity contribution in [2.75, 3.05) is 0 Å². The van der Waals surface area contributed by atoms with Gasteiger partial charge in [-0.25, -0.2) is 0 Å². The Morgan fingerprint density at radius 3 is 2.28 bits per heavy atom. The van der Waals surface area contributed by atoms with Crippen molar-refractivity contribution >= 4 is 12.1 Å². The predicted octanol–water partition coefficient (Wildman–Crippen LogP) is 2.74. The molecule has 18 heavy (non-hydrogen) atoms. The van der Waals surface area contributed by atoms with E-state index in [4.69, 9.17) is 0 Å². The van der Waals surface area contributed by atoms with Gasteiger partial charge in [0.25, 0.3) is 0 Å². The maximum Gasteiger partial charge on any atom is 0.194 e. The minimum atomic E-state index is -0.138. The number of hydrogen-bond donors (Lipinski definition) is 0. The fraction of sp³-hybridized carbons (Fsp3) is 0.133. The molecule has 0 bridgehead atoms. The van der Waals surface area contributed by atoms with E-state index in [0.29, 0.717) is 16.7 Å². The monoisotopic (exact) mass is 239 g/mol. The summed E-state index contributed by atoms with van der Waals surface area (Å²) in [7, 11) is 0. The largest absolute Gasteiger partial charge is 0.298 e. The standard InChI is InChI=1S/C15H13NO2/c1-10-3-4-11(2)14(13(10)9-17)15(18)12-5-7-16-8-6-12/h3-9H,1-2H3. The second kappa shape index (κ2) is 4.92. The number of carbonyl (C=O) groups is 2. The molecule has 0 amide bonds. The molecule has 3 heteroatoms. The molecule has 1 aromatic heterocycles. The van der Waals surface area contributed by atoms with E-state index in [9.17, 15) is 9.59 Å². The van der Waals surface area contributed by atoms with Crippen molar-refractivity contribution < 1.29 is 9.59 Å². The number of aldehydes is 1. The smallest absolute Gasteiger partial charge is 0.194 e. The van der Waals surface area contributed by atoms with E-state index in [-0.39, 0.29) is 5.78 Å². The number of aromatic nitrogens is 1. The zero-order chi connectivity index (χ0) is 13.1. The minimum absolute atomic E-state index is 0.138. The SMILES string of the molecule is Cc1ccc(C)c(C(=O)c2ccncc2)c1C=O. The van der Waals surface area contributed by atoms with E-state index in [0.717, 1.165) is 17.4 Å². The molecule has 0 atom stereocenters. The molecule has 0 aliphatic carbocycles. The molecule has 2 rings (SSSR count). The van der Waals surface area contributed by atoms with Crippen molar-refractivity contribution in [3.05, 3.63) is 64.5 Å². The Kier molecular flexibility index (Phi) is 3.33. The fourth-order valence-electron chi connectivity index (χ4n) is 1.93. The highest BCUT2D eigenvalue weighted by Gasteiger charge is 2.17. The van der Waals surface area contributed by atoms with Crippen molar-refractivity contribution in [1.82, 2.24) is 4.98 Å². The van der Waals surface area contributed by atoms with Gasteiger partial charge in [-0.3, -0.25) is 14.6 Å². The number of pyridine rings is 1. The van der Waals surface area contributed by atoms with E-state index in [2.05, 4.69) is 4.98 Å². The van der Waals surface area contributed by atoms with Crippen LogP contribution in [0.4, 0.5) is 0 Å². The third-order valence-corrected chi connectivity index (χ3v) is 2.96. The van der Waals surface area contributed by atoms with Crippen molar-refractivity contribution in [2.24, 2.45) is 0 Å². The molecule has 0 unspecified atom stereocenters. The molecule has 1 heterocycles. The number of aryl methyl sites for hydroxylation is 2. The van der Waals surface area contributed by atoms with Gasteiger partial charge in [0.2, 0.25) is 0 Å². The van der Waals surface area contributed by atoms with Crippen LogP contribution in [0, 0.1) is 13.8 Å². The molecule has 0 aliphatic heterocycles. The van der Waals surface area contributed by atoms with Crippen LogP contribution in [-0.4, -0.2) is 17.1 Å². The quantitative estimate of drug-likeness (QED) is 0.611. The van der Waals surface area contributed by atoms with Crippen LogP contribution in [0.5, 0.6) is 0 Å². The average molecular weight is 239 g/mol. The zero-order valence-corrected chi connectivity index (χ0v) is 10.3. The first-order valence-electron chi connectivity index (χ1n) is 5.65. The van der Waals surface area contributed by atoms with Crippen molar-refractivity contribution in [3.8, 4) is 0 Å².